The molecule has 0 unspecified atom stereocenters. The van der Waals surface area contributed by atoms with Crippen molar-refractivity contribution in [1.82, 2.24) is 20.2 Å². The van der Waals surface area contributed by atoms with Crippen LogP contribution in [0.25, 0.3) is 0 Å². The van der Waals surface area contributed by atoms with E-state index < -0.39 is 0 Å². The molecule has 2 aromatic rings. The van der Waals surface area contributed by atoms with Crippen molar-refractivity contribution >= 4 is 0 Å². The van der Waals surface area contributed by atoms with E-state index in [1.165, 1.54) is 69.4 Å². The van der Waals surface area contributed by atoms with Gasteiger partial charge < -0.3 is 9.80 Å². The Morgan fingerprint density at radius 2 is 1.62 bits per heavy atom. The molecule has 0 bridgehead atoms. The van der Waals surface area contributed by atoms with Crippen molar-refractivity contribution in [2.45, 2.75) is 77.4 Å². The van der Waals surface area contributed by atoms with Gasteiger partial charge in [-0.2, -0.15) is 0 Å². The summed E-state index contributed by atoms with van der Waals surface area (Å²) in [5.74, 6) is 0.998. The van der Waals surface area contributed by atoms with Crippen molar-refractivity contribution in [2.24, 2.45) is 0 Å². The number of tetrazole rings is 1. The van der Waals surface area contributed by atoms with Gasteiger partial charge in [-0.05, 0) is 63.8 Å². The van der Waals surface area contributed by atoms with E-state index in [1.54, 1.807) is 4.90 Å². The predicted molar refractivity (Wildman–Crippen MR) is 114 cm³/mol. The Hall–Kier alpha value is -1.79. The lowest BCUT2D eigenvalue weighted by atomic mass is 9.93. The van der Waals surface area contributed by atoms with Crippen molar-refractivity contribution in [3.63, 3.8) is 0 Å². The summed E-state index contributed by atoms with van der Waals surface area (Å²) in [7, 11) is 0. The second-order valence-corrected chi connectivity index (χ2v) is 10.1. The molecule has 1 aromatic heterocycles. The highest BCUT2D eigenvalue weighted by Crippen LogP contribution is 2.22. The zero-order valence-corrected chi connectivity index (χ0v) is 18.6. The fourth-order valence-corrected chi connectivity index (χ4v) is 5.28. The lowest BCUT2D eigenvalue weighted by molar-refractivity contribution is -1.03. The molecule has 1 saturated heterocycles. The van der Waals surface area contributed by atoms with Crippen molar-refractivity contribution in [3.05, 3.63) is 41.2 Å². The van der Waals surface area contributed by atoms with E-state index in [4.69, 9.17) is 0 Å². The zero-order valence-electron chi connectivity index (χ0n) is 18.6. The molecule has 2 fully saturated rings. The summed E-state index contributed by atoms with van der Waals surface area (Å²) < 4.78 is 2.03. The predicted octanol–water partition coefficient (Wildman–Crippen LogP) is 0.942. The van der Waals surface area contributed by atoms with Gasteiger partial charge in [0.05, 0.1) is 11.6 Å². The molecule has 158 valence electrons. The van der Waals surface area contributed by atoms with Gasteiger partial charge in [-0.3, -0.25) is 0 Å². The van der Waals surface area contributed by atoms with Gasteiger partial charge in [-0.1, -0.05) is 36.2 Å². The first-order chi connectivity index (χ1) is 13.9. The van der Waals surface area contributed by atoms with E-state index in [0.29, 0.717) is 0 Å². The summed E-state index contributed by atoms with van der Waals surface area (Å²) in [6.45, 7) is 13.6. The molecule has 0 amide bonds. The summed E-state index contributed by atoms with van der Waals surface area (Å²) in [6.07, 6.45) is 7.14. The van der Waals surface area contributed by atoms with Crippen LogP contribution in [0, 0.1) is 6.92 Å². The second kappa shape index (κ2) is 8.52. The van der Waals surface area contributed by atoms with Gasteiger partial charge in [-0.15, -0.1) is 5.10 Å². The topological polar surface area (TPSA) is 52.5 Å². The number of hydrogen-bond donors (Lipinski definition) is 2. The van der Waals surface area contributed by atoms with Crippen LogP contribution in [0.4, 0.5) is 0 Å². The minimum absolute atomic E-state index is 0.129. The number of benzene rings is 1. The molecule has 0 radical (unpaired) electrons. The van der Waals surface area contributed by atoms with E-state index in [-0.39, 0.29) is 11.6 Å². The van der Waals surface area contributed by atoms with Gasteiger partial charge in [0.15, 0.2) is 6.04 Å². The molecule has 1 atom stereocenters. The molecule has 1 aliphatic carbocycles. The molecule has 2 heterocycles. The number of nitrogens with one attached hydrogen (secondary N) is 2. The minimum Gasteiger partial charge on any atom is -0.323 e. The van der Waals surface area contributed by atoms with Crippen LogP contribution in [0.15, 0.2) is 24.3 Å². The average molecular weight is 399 g/mol. The Kier molecular flexibility index (Phi) is 6.02. The third-order valence-electron chi connectivity index (χ3n) is 6.92. The van der Waals surface area contributed by atoms with Crippen molar-refractivity contribution < 1.29 is 9.80 Å². The van der Waals surface area contributed by atoms with Crippen LogP contribution >= 0.6 is 0 Å². The molecule has 2 N–H and O–H groups in total. The van der Waals surface area contributed by atoms with E-state index in [9.17, 15) is 0 Å². The highest BCUT2D eigenvalue weighted by Gasteiger charge is 2.38. The number of nitrogens with zero attached hydrogens (tertiary/aromatic N) is 4. The van der Waals surface area contributed by atoms with Crippen molar-refractivity contribution in [3.8, 4) is 0 Å². The second-order valence-electron chi connectivity index (χ2n) is 10.1. The van der Waals surface area contributed by atoms with E-state index >= 15 is 0 Å². The number of hydrogen-bond acceptors (Lipinski definition) is 3. The number of rotatable bonds is 4. The van der Waals surface area contributed by atoms with Crippen LogP contribution in [0.2, 0.25) is 0 Å². The first-order valence-corrected chi connectivity index (χ1v) is 11.5. The van der Waals surface area contributed by atoms with Crippen molar-refractivity contribution in [2.75, 3.05) is 26.2 Å². The van der Waals surface area contributed by atoms with E-state index in [1.807, 2.05) is 9.58 Å². The van der Waals surface area contributed by atoms with Gasteiger partial charge >= 0.3 is 0 Å². The Labute approximate surface area is 175 Å². The molecule has 6 heteroatoms. The molecule has 1 aromatic carbocycles. The van der Waals surface area contributed by atoms with Crippen LogP contribution in [0.3, 0.4) is 0 Å². The summed E-state index contributed by atoms with van der Waals surface area (Å²) in [5.41, 5.74) is 2.49. The van der Waals surface area contributed by atoms with Crippen LogP contribution in [-0.4, -0.2) is 52.4 Å². The lowest BCUT2D eigenvalue weighted by Gasteiger charge is -2.39. The molecular weight excluding hydrogens is 360 g/mol. The Morgan fingerprint density at radius 1 is 0.966 bits per heavy atom. The summed E-state index contributed by atoms with van der Waals surface area (Å²) >= 11 is 0. The van der Waals surface area contributed by atoms with Gasteiger partial charge in [-0.25, -0.2) is 4.68 Å². The quantitative estimate of drug-likeness (QED) is 0.806. The van der Waals surface area contributed by atoms with Gasteiger partial charge in [0.2, 0.25) is 5.82 Å². The number of piperazine rings is 1. The zero-order chi connectivity index (χ0) is 20.4. The van der Waals surface area contributed by atoms with Gasteiger partial charge in [0.1, 0.15) is 26.2 Å². The first-order valence-electron chi connectivity index (χ1n) is 11.5. The number of aromatic nitrogens is 4. The molecule has 4 rings (SSSR count). The van der Waals surface area contributed by atoms with Gasteiger partial charge in [0, 0.05) is 5.56 Å². The maximum Gasteiger partial charge on any atom is 0.214 e. The largest absolute Gasteiger partial charge is 0.323 e. The number of quaternary nitrogens is 2. The highest BCUT2D eigenvalue weighted by atomic mass is 15.6. The third-order valence-corrected chi connectivity index (χ3v) is 6.92. The Balaban J connectivity index is 1.58. The molecule has 1 aliphatic heterocycles. The number of aryl methyl sites for hydroxylation is 1. The lowest BCUT2D eigenvalue weighted by Crippen LogP contribution is -3.29. The fourth-order valence-electron chi connectivity index (χ4n) is 5.28. The molecule has 1 saturated carbocycles. The normalized spacial score (nSPS) is 25.1. The van der Waals surface area contributed by atoms with Gasteiger partial charge in [0.25, 0.3) is 0 Å². The smallest absolute Gasteiger partial charge is 0.214 e. The van der Waals surface area contributed by atoms with Crippen LogP contribution < -0.4 is 9.80 Å². The molecular formula is C23H38N6+2. The van der Waals surface area contributed by atoms with Crippen LogP contribution in [-0.2, 0) is 5.54 Å². The Bertz CT molecular complexity index is 776. The highest BCUT2D eigenvalue weighted by molar-refractivity contribution is 5.26. The fraction of sp³-hybridized carbons (Fsp3) is 0.696. The summed E-state index contributed by atoms with van der Waals surface area (Å²) in [4.78, 5) is 3.44. The van der Waals surface area contributed by atoms with Crippen LogP contribution in [0.1, 0.15) is 75.9 Å². The monoisotopic (exact) mass is 398 g/mol. The minimum atomic E-state index is -0.129. The molecule has 2 aliphatic rings. The third kappa shape index (κ3) is 4.53. The molecule has 0 spiro atoms. The van der Waals surface area contributed by atoms with Crippen LogP contribution in [0.5, 0.6) is 0 Å². The summed E-state index contributed by atoms with van der Waals surface area (Å²) in [6, 6.07) is 10.1. The Morgan fingerprint density at radius 3 is 2.24 bits per heavy atom. The molecule has 6 nitrogen and oxygen atoms in total. The standard InChI is InChI=1S/C23H36N6/c1-18-10-12-19(13-11-18)21(22-24-25-26-29(22)23(2,3)4)28-16-14-27(15-17-28)20-8-6-5-7-9-20/h10-13,20-21H,5-9,14-17H2,1-4H3/p+2/t21-/m0/s1. The summed E-state index contributed by atoms with van der Waals surface area (Å²) in [5, 5.41) is 13.0. The van der Waals surface area contributed by atoms with E-state index in [2.05, 4.69) is 67.5 Å². The molecule has 29 heavy (non-hydrogen) atoms. The maximum atomic E-state index is 4.54. The SMILES string of the molecule is Cc1ccc([C@@H](c2nnnn2C(C)(C)C)[NH+]2CC[NH+](C3CCCCC3)CC2)cc1. The van der Waals surface area contributed by atoms with Crippen molar-refractivity contribution in [1.29, 1.82) is 0 Å². The first kappa shape index (κ1) is 20.5. The maximum absolute atomic E-state index is 4.54. The average Bonchev–Trinajstić information content (AvgIpc) is 3.21. The van der Waals surface area contributed by atoms with E-state index in [0.717, 1.165) is 11.9 Å².